The first-order chi connectivity index (χ1) is 9.09. The van der Waals surface area contributed by atoms with E-state index in [0.29, 0.717) is 0 Å². The van der Waals surface area contributed by atoms with Gasteiger partial charge < -0.3 is 15.7 Å². The number of likely N-dealkylation sites (N-methyl/N-ethyl adjacent to an activating group) is 1. The van der Waals surface area contributed by atoms with Crippen molar-refractivity contribution in [1.29, 1.82) is 0 Å². The Labute approximate surface area is 116 Å². The van der Waals surface area contributed by atoms with Gasteiger partial charge in [0.15, 0.2) is 0 Å². The summed E-state index contributed by atoms with van der Waals surface area (Å²) in [5.41, 5.74) is 6.93. The second-order valence-electron chi connectivity index (χ2n) is 5.98. The summed E-state index contributed by atoms with van der Waals surface area (Å²) in [6.45, 7) is 1.70. The molecule has 19 heavy (non-hydrogen) atoms. The van der Waals surface area contributed by atoms with E-state index in [9.17, 15) is 5.11 Å². The van der Waals surface area contributed by atoms with Gasteiger partial charge in [-0.2, -0.15) is 0 Å². The Kier molecular flexibility index (Phi) is 4.97. The van der Waals surface area contributed by atoms with Gasteiger partial charge in [0.2, 0.25) is 0 Å². The lowest BCUT2D eigenvalue weighted by Crippen LogP contribution is -2.40. The molecule has 1 atom stereocenters. The van der Waals surface area contributed by atoms with Crippen molar-refractivity contribution in [3.63, 3.8) is 0 Å². The van der Waals surface area contributed by atoms with Crippen LogP contribution >= 0.6 is 0 Å². The Hall–Kier alpha value is -0.900. The molecule has 3 heteroatoms. The SMILES string of the molecule is CN(CCC(N)c1ccccc1)CC1(O)CCCC1. The quantitative estimate of drug-likeness (QED) is 0.827. The van der Waals surface area contributed by atoms with Crippen LogP contribution in [-0.2, 0) is 0 Å². The van der Waals surface area contributed by atoms with Gasteiger partial charge in [-0.3, -0.25) is 0 Å². The third-order valence-corrected chi connectivity index (χ3v) is 4.15. The Morgan fingerprint density at radius 2 is 1.89 bits per heavy atom. The second-order valence-corrected chi connectivity index (χ2v) is 5.98. The Morgan fingerprint density at radius 1 is 1.26 bits per heavy atom. The van der Waals surface area contributed by atoms with Crippen molar-refractivity contribution >= 4 is 0 Å². The first-order valence-corrected chi connectivity index (χ1v) is 7.30. The molecule has 1 unspecified atom stereocenters. The summed E-state index contributed by atoms with van der Waals surface area (Å²) < 4.78 is 0. The fourth-order valence-electron chi connectivity index (χ4n) is 3.00. The van der Waals surface area contributed by atoms with Gasteiger partial charge in [0, 0.05) is 12.6 Å². The molecule has 0 aliphatic heterocycles. The maximum absolute atomic E-state index is 10.4. The highest BCUT2D eigenvalue weighted by Gasteiger charge is 2.31. The second kappa shape index (κ2) is 6.51. The highest BCUT2D eigenvalue weighted by Crippen LogP contribution is 2.30. The van der Waals surface area contributed by atoms with E-state index in [4.69, 9.17) is 5.73 Å². The molecule has 0 amide bonds. The van der Waals surface area contributed by atoms with Crippen LogP contribution in [0.5, 0.6) is 0 Å². The average Bonchev–Trinajstić information content (AvgIpc) is 2.83. The van der Waals surface area contributed by atoms with Gasteiger partial charge in [-0.05, 0) is 38.4 Å². The van der Waals surface area contributed by atoms with Gasteiger partial charge in [-0.1, -0.05) is 43.2 Å². The molecule has 1 aromatic rings. The summed E-state index contributed by atoms with van der Waals surface area (Å²) >= 11 is 0. The van der Waals surface area contributed by atoms with Crippen molar-refractivity contribution in [2.45, 2.75) is 43.7 Å². The zero-order chi connectivity index (χ0) is 13.7. The van der Waals surface area contributed by atoms with E-state index in [1.165, 1.54) is 5.56 Å². The summed E-state index contributed by atoms with van der Waals surface area (Å²) in [5.74, 6) is 0. The van der Waals surface area contributed by atoms with E-state index in [1.54, 1.807) is 0 Å². The highest BCUT2D eigenvalue weighted by molar-refractivity contribution is 5.18. The number of nitrogens with two attached hydrogens (primary N) is 1. The number of rotatable bonds is 6. The molecule has 0 bridgehead atoms. The molecule has 1 aliphatic carbocycles. The number of hydrogen-bond donors (Lipinski definition) is 2. The van der Waals surface area contributed by atoms with Gasteiger partial charge in [-0.15, -0.1) is 0 Å². The molecule has 1 aliphatic rings. The van der Waals surface area contributed by atoms with Crippen molar-refractivity contribution < 1.29 is 5.11 Å². The molecule has 1 fully saturated rings. The smallest absolute Gasteiger partial charge is 0.0774 e. The van der Waals surface area contributed by atoms with Crippen molar-refractivity contribution in [2.24, 2.45) is 5.73 Å². The molecule has 0 spiro atoms. The molecule has 2 rings (SSSR count). The van der Waals surface area contributed by atoms with E-state index in [-0.39, 0.29) is 6.04 Å². The molecule has 0 heterocycles. The summed E-state index contributed by atoms with van der Waals surface area (Å²) in [6, 6.07) is 10.3. The molecule has 1 aromatic carbocycles. The van der Waals surface area contributed by atoms with Gasteiger partial charge in [0.05, 0.1) is 5.60 Å². The van der Waals surface area contributed by atoms with Gasteiger partial charge in [0.25, 0.3) is 0 Å². The Balaban J connectivity index is 1.75. The maximum atomic E-state index is 10.4. The van der Waals surface area contributed by atoms with Crippen molar-refractivity contribution in [2.75, 3.05) is 20.1 Å². The average molecular weight is 262 g/mol. The topological polar surface area (TPSA) is 49.5 Å². The van der Waals surface area contributed by atoms with Crippen LogP contribution in [0.15, 0.2) is 30.3 Å². The zero-order valence-electron chi connectivity index (χ0n) is 11.9. The maximum Gasteiger partial charge on any atom is 0.0774 e. The normalized spacial score (nSPS) is 19.8. The molecule has 1 saturated carbocycles. The molecule has 3 N–H and O–H groups in total. The van der Waals surface area contributed by atoms with E-state index in [1.807, 2.05) is 18.2 Å². The van der Waals surface area contributed by atoms with Crippen LogP contribution in [0.3, 0.4) is 0 Å². The van der Waals surface area contributed by atoms with Crippen molar-refractivity contribution in [3.05, 3.63) is 35.9 Å². The van der Waals surface area contributed by atoms with Crippen LogP contribution in [0, 0.1) is 0 Å². The summed E-state index contributed by atoms with van der Waals surface area (Å²) in [5, 5.41) is 10.4. The number of benzene rings is 1. The summed E-state index contributed by atoms with van der Waals surface area (Å²) in [6.07, 6.45) is 5.14. The lowest BCUT2D eigenvalue weighted by molar-refractivity contribution is 0.0158. The van der Waals surface area contributed by atoms with Crippen LogP contribution in [0.1, 0.15) is 43.7 Å². The molecule has 0 saturated heterocycles. The Bertz CT molecular complexity index is 374. The fourth-order valence-corrected chi connectivity index (χ4v) is 3.00. The van der Waals surface area contributed by atoms with E-state index >= 15 is 0 Å². The molecular weight excluding hydrogens is 236 g/mol. The largest absolute Gasteiger partial charge is 0.389 e. The minimum Gasteiger partial charge on any atom is -0.389 e. The number of hydrogen-bond acceptors (Lipinski definition) is 3. The molecule has 106 valence electrons. The lowest BCUT2D eigenvalue weighted by Gasteiger charge is -2.29. The van der Waals surface area contributed by atoms with Crippen LogP contribution in [-0.4, -0.2) is 35.7 Å². The summed E-state index contributed by atoms with van der Waals surface area (Å²) in [4.78, 5) is 2.22. The van der Waals surface area contributed by atoms with Crippen LogP contribution in [0.4, 0.5) is 0 Å². The molecule has 0 radical (unpaired) electrons. The van der Waals surface area contributed by atoms with E-state index < -0.39 is 5.60 Å². The van der Waals surface area contributed by atoms with Gasteiger partial charge in [0.1, 0.15) is 0 Å². The van der Waals surface area contributed by atoms with E-state index in [2.05, 4.69) is 24.1 Å². The first-order valence-electron chi connectivity index (χ1n) is 7.30. The van der Waals surface area contributed by atoms with Crippen LogP contribution < -0.4 is 5.73 Å². The van der Waals surface area contributed by atoms with Crippen LogP contribution in [0.25, 0.3) is 0 Å². The monoisotopic (exact) mass is 262 g/mol. The van der Waals surface area contributed by atoms with Crippen molar-refractivity contribution in [1.82, 2.24) is 4.90 Å². The third-order valence-electron chi connectivity index (χ3n) is 4.15. The van der Waals surface area contributed by atoms with Crippen LogP contribution in [0.2, 0.25) is 0 Å². The molecule has 0 aromatic heterocycles. The zero-order valence-corrected chi connectivity index (χ0v) is 11.9. The number of aliphatic hydroxyl groups is 1. The predicted octanol–water partition coefficient (Wildman–Crippen LogP) is 2.31. The van der Waals surface area contributed by atoms with E-state index in [0.717, 1.165) is 45.2 Å². The molecule has 3 nitrogen and oxygen atoms in total. The fraction of sp³-hybridized carbons (Fsp3) is 0.625. The minimum atomic E-state index is -0.453. The molecular formula is C16H26N2O. The Morgan fingerprint density at radius 3 is 2.53 bits per heavy atom. The lowest BCUT2D eigenvalue weighted by atomic mass is 10.0. The highest BCUT2D eigenvalue weighted by atomic mass is 16.3. The summed E-state index contributed by atoms with van der Waals surface area (Å²) in [7, 11) is 2.08. The number of nitrogens with zero attached hydrogens (tertiary/aromatic N) is 1. The van der Waals surface area contributed by atoms with Gasteiger partial charge in [-0.25, -0.2) is 0 Å². The van der Waals surface area contributed by atoms with Crippen molar-refractivity contribution in [3.8, 4) is 0 Å². The van der Waals surface area contributed by atoms with Gasteiger partial charge >= 0.3 is 0 Å². The third kappa shape index (κ3) is 4.30. The first kappa shape index (κ1) is 14.5. The predicted molar refractivity (Wildman–Crippen MR) is 78.9 cm³/mol. The standard InChI is InChI=1S/C16H26N2O/c1-18(13-16(19)10-5-6-11-16)12-9-15(17)14-7-3-2-4-8-14/h2-4,7-8,15,19H,5-6,9-13,17H2,1H3. The minimum absolute atomic E-state index is 0.0851.